The minimum absolute atomic E-state index is 0.0853. The number of halogens is 3. The van der Waals surface area contributed by atoms with E-state index in [4.69, 9.17) is 11.6 Å². The zero-order chi connectivity index (χ0) is 16.8. The van der Waals surface area contributed by atoms with Gasteiger partial charge in [0.15, 0.2) is 0 Å². The van der Waals surface area contributed by atoms with Gasteiger partial charge in [0.2, 0.25) is 0 Å². The predicted octanol–water partition coefficient (Wildman–Crippen LogP) is 4.57. The molecule has 0 unspecified atom stereocenters. The van der Waals surface area contributed by atoms with Crippen molar-refractivity contribution in [1.29, 1.82) is 0 Å². The Labute approximate surface area is 137 Å². The van der Waals surface area contributed by atoms with Gasteiger partial charge in [-0.25, -0.2) is 4.79 Å². The van der Waals surface area contributed by atoms with Gasteiger partial charge in [-0.3, -0.25) is 0 Å². The van der Waals surface area contributed by atoms with E-state index in [-0.39, 0.29) is 18.0 Å². The van der Waals surface area contributed by atoms with Crippen LogP contribution in [0.1, 0.15) is 11.1 Å². The molecular formula is C16H15ClF2N2O2. The molecule has 0 aliphatic heterocycles. The second-order valence-electron chi connectivity index (χ2n) is 4.76. The molecule has 0 fully saturated rings. The van der Waals surface area contributed by atoms with E-state index in [0.29, 0.717) is 10.6 Å². The summed E-state index contributed by atoms with van der Waals surface area (Å²) in [5, 5.41) is 5.72. The highest BCUT2D eigenvalue weighted by Crippen LogP contribution is 2.29. The van der Waals surface area contributed by atoms with Gasteiger partial charge >= 0.3 is 12.6 Å². The molecule has 2 N–H and O–H groups in total. The molecule has 0 heterocycles. The Balaban J connectivity index is 2.02. The molecule has 0 saturated heterocycles. The molecule has 2 aromatic carbocycles. The molecule has 0 aromatic heterocycles. The highest BCUT2D eigenvalue weighted by Gasteiger charge is 2.13. The molecule has 2 aromatic rings. The van der Waals surface area contributed by atoms with Gasteiger partial charge in [0.05, 0.1) is 5.69 Å². The van der Waals surface area contributed by atoms with Crippen LogP contribution in [0.15, 0.2) is 42.5 Å². The van der Waals surface area contributed by atoms with Crippen LogP contribution in [0.2, 0.25) is 5.02 Å². The average Bonchev–Trinajstić information content (AvgIpc) is 2.48. The van der Waals surface area contributed by atoms with Crippen LogP contribution in [0.5, 0.6) is 5.75 Å². The third-order valence-corrected chi connectivity index (χ3v) is 3.27. The second kappa shape index (κ2) is 7.78. The van der Waals surface area contributed by atoms with E-state index in [0.717, 1.165) is 5.56 Å². The minimum Gasteiger partial charge on any atom is -0.433 e. The zero-order valence-electron chi connectivity index (χ0n) is 12.3. The van der Waals surface area contributed by atoms with E-state index in [2.05, 4.69) is 15.4 Å². The van der Waals surface area contributed by atoms with Crippen LogP contribution < -0.4 is 15.4 Å². The smallest absolute Gasteiger partial charge is 0.387 e. The van der Waals surface area contributed by atoms with Crippen LogP contribution in [-0.4, -0.2) is 12.6 Å². The number of anilines is 1. The third-order valence-electron chi connectivity index (χ3n) is 3.03. The number of urea groups is 1. The minimum atomic E-state index is -2.97. The van der Waals surface area contributed by atoms with Crippen LogP contribution >= 0.6 is 11.6 Å². The number of carbonyl (C=O) groups excluding carboxylic acids is 1. The predicted molar refractivity (Wildman–Crippen MR) is 85.1 cm³/mol. The van der Waals surface area contributed by atoms with E-state index in [1.807, 2.05) is 6.07 Å². The lowest BCUT2D eigenvalue weighted by molar-refractivity contribution is -0.0493. The van der Waals surface area contributed by atoms with Crippen molar-refractivity contribution >= 4 is 23.3 Å². The number of benzene rings is 2. The monoisotopic (exact) mass is 340 g/mol. The first kappa shape index (κ1) is 17.0. The van der Waals surface area contributed by atoms with Crippen molar-refractivity contribution in [2.75, 3.05) is 5.32 Å². The fourth-order valence-electron chi connectivity index (χ4n) is 1.98. The van der Waals surface area contributed by atoms with Crippen molar-refractivity contribution < 1.29 is 18.3 Å². The van der Waals surface area contributed by atoms with Gasteiger partial charge in [-0.2, -0.15) is 8.78 Å². The number of aryl methyl sites for hydroxylation is 1. The van der Waals surface area contributed by atoms with Crippen molar-refractivity contribution in [3.05, 3.63) is 58.6 Å². The number of alkyl halides is 2. The Kier molecular flexibility index (Phi) is 5.76. The summed E-state index contributed by atoms with van der Waals surface area (Å²) in [6, 6.07) is 11.1. The maximum Gasteiger partial charge on any atom is 0.387 e. The highest BCUT2D eigenvalue weighted by molar-refractivity contribution is 6.30. The van der Waals surface area contributed by atoms with Gasteiger partial charge in [0.1, 0.15) is 5.75 Å². The molecule has 122 valence electrons. The molecule has 0 aliphatic rings. The summed E-state index contributed by atoms with van der Waals surface area (Å²) < 4.78 is 29.2. The molecule has 0 aliphatic carbocycles. The first-order valence-corrected chi connectivity index (χ1v) is 7.17. The quantitative estimate of drug-likeness (QED) is 0.837. The molecule has 7 heteroatoms. The first-order valence-electron chi connectivity index (χ1n) is 6.79. The van der Waals surface area contributed by atoms with Gasteiger partial charge in [-0.15, -0.1) is 0 Å². The standard InChI is InChI=1S/C16H15ClF2N2O2/c1-10-4-2-7-13(23-15(18)19)14(10)21-16(22)20-9-11-5-3-6-12(17)8-11/h2-8,15H,9H2,1H3,(H2,20,21,22). The van der Waals surface area contributed by atoms with Gasteiger partial charge in [0, 0.05) is 11.6 Å². The summed E-state index contributed by atoms with van der Waals surface area (Å²) in [6.45, 7) is -1.03. The molecule has 0 bridgehead atoms. The van der Waals surface area contributed by atoms with Crippen molar-refractivity contribution in [3.8, 4) is 5.75 Å². The topological polar surface area (TPSA) is 50.4 Å². The zero-order valence-corrected chi connectivity index (χ0v) is 13.0. The van der Waals surface area contributed by atoms with Gasteiger partial charge in [0.25, 0.3) is 0 Å². The lowest BCUT2D eigenvalue weighted by Gasteiger charge is -2.14. The number of nitrogens with one attached hydrogen (secondary N) is 2. The highest BCUT2D eigenvalue weighted by atomic mass is 35.5. The normalized spacial score (nSPS) is 10.5. The number of carbonyl (C=O) groups is 1. The summed E-state index contributed by atoms with van der Waals surface area (Å²) in [5.74, 6) is -0.0853. The number of hydrogen-bond donors (Lipinski definition) is 2. The first-order chi connectivity index (χ1) is 11.0. The summed E-state index contributed by atoms with van der Waals surface area (Å²) in [5.41, 5.74) is 1.64. The van der Waals surface area contributed by atoms with Crippen molar-refractivity contribution in [3.63, 3.8) is 0 Å². The van der Waals surface area contributed by atoms with Gasteiger partial charge in [-0.05, 0) is 36.2 Å². The number of rotatable bonds is 5. The Morgan fingerprint density at radius 3 is 2.70 bits per heavy atom. The van der Waals surface area contributed by atoms with Gasteiger partial charge in [-0.1, -0.05) is 35.9 Å². The molecule has 0 atom stereocenters. The van der Waals surface area contributed by atoms with E-state index >= 15 is 0 Å². The molecule has 0 spiro atoms. The fourth-order valence-corrected chi connectivity index (χ4v) is 2.20. The average molecular weight is 341 g/mol. The van der Waals surface area contributed by atoms with Crippen LogP contribution in [-0.2, 0) is 6.54 Å². The summed E-state index contributed by atoms with van der Waals surface area (Å²) in [7, 11) is 0. The summed E-state index contributed by atoms with van der Waals surface area (Å²) in [4.78, 5) is 12.0. The van der Waals surface area contributed by atoms with E-state index in [1.165, 1.54) is 6.07 Å². The maximum absolute atomic E-state index is 12.4. The number of ether oxygens (including phenoxy) is 1. The Hall–Kier alpha value is -2.34. The molecular weight excluding hydrogens is 326 g/mol. The van der Waals surface area contributed by atoms with E-state index in [9.17, 15) is 13.6 Å². The van der Waals surface area contributed by atoms with E-state index < -0.39 is 12.6 Å². The molecule has 2 amide bonds. The van der Waals surface area contributed by atoms with Gasteiger partial charge < -0.3 is 15.4 Å². The molecule has 2 rings (SSSR count). The van der Waals surface area contributed by atoms with Crippen LogP contribution in [0.4, 0.5) is 19.3 Å². The molecule has 0 radical (unpaired) electrons. The number of para-hydroxylation sites is 1. The fraction of sp³-hybridized carbons (Fsp3) is 0.188. The van der Waals surface area contributed by atoms with Crippen molar-refractivity contribution in [2.24, 2.45) is 0 Å². The Bertz CT molecular complexity index is 696. The second-order valence-corrected chi connectivity index (χ2v) is 5.20. The van der Waals surface area contributed by atoms with Crippen molar-refractivity contribution in [2.45, 2.75) is 20.1 Å². The molecule has 4 nitrogen and oxygen atoms in total. The van der Waals surface area contributed by atoms with Crippen LogP contribution in [0, 0.1) is 6.92 Å². The third kappa shape index (κ3) is 5.10. The van der Waals surface area contributed by atoms with E-state index in [1.54, 1.807) is 37.3 Å². The van der Waals surface area contributed by atoms with Crippen molar-refractivity contribution in [1.82, 2.24) is 5.32 Å². The largest absolute Gasteiger partial charge is 0.433 e. The Morgan fingerprint density at radius 2 is 2.00 bits per heavy atom. The number of amides is 2. The summed E-state index contributed by atoms with van der Waals surface area (Å²) in [6.07, 6.45) is 0. The maximum atomic E-state index is 12.4. The number of hydrogen-bond acceptors (Lipinski definition) is 2. The summed E-state index contributed by atoms with van der Waals surface area (Å²) >= 11 is 5.86. The van der Waals surface area contributed by atoms with Crippen LogP contribution in [0.25, 0.3) is 0 Å². The molecule has 0 saturated carbocycles. The molecule has 23 heavy (non-hydrogen) atoms. The Morgan fingerprint density at radius 1 is 1.26 bits per heavy atom. The lowest BCUT2D eigenvalue weighted by Crippen LogP contribution is -2.28. The van der Waals surface area contributed by atoms with Crippen LogP contribution in [0.3, 0.4) is 0 Å². The SMILES string of the molecule is Cc1cccc(OC(F)F)c1NC(=O)NCc1cccc(Cl)c1. The lowest BCUT2D eigenvalue weighted by atomic mass is 10.2.